The van der Waals surface area contributed by atoms with Gasteiger partial charge in [0.1, 0.15) is 29.7 Å². The molecule has 49 heavy (non-hydrogen) atoms. The molecule has 12 nitrogen and oxygen atoms in total. The maximum atomic E-state index is 15.1. The summed E-state index contributed by atoms with van der Waals surface area (Å²) >= 11 is 0. The molecule has 2 heterocycles. The van der Waals surface area contributed by atoms with E-state index in [0.717, 1.165) is 45.7 Å². The van der Waals surface area contributed by atoms with E-state index in [4.69, 9.17) is 23.7 Å². The average Bonchev–Trinajstić information content (AvgIpc) is 3.11. The van der Waals surface area contributed by atoms with E-state index in [9.17, 15) is 4.79 Å². The Morgan fingerprint density at radius 1 is 0.898 bits per heavy atom. The Balaban J connectivity index is 1.32. The second-order valence-electron chi connectivity index (χ2n) is 11.3. The van der Waals surface area contributed by atoms with E-state index in [1.54, 1.807) is 55.6 Å². The smallest absolute Gasteiger partial charge is 0.425 e. The van der Waals surface area contributed by atoms with E-state index in [1.165, 1.54) is 31.4 Å². The molecule has 0 radical (unpaired) electrons. The van der Waals surface area contributed by atoms with Crippen LogP contribution in [0.15, 0.2) is 72.9 Å². The van der Waals surface area contributed by atoms with Crippen LogP contribution in [0.3, 0.4) is 0 Å². The predicted molar refractivity (Wildman–Crippen MR) is 185 cm³/mol. The van der Waals surface area contributed by atoms with Gasteiger partial charge in [-0.15, -0.1) is 0 Å². The lowest BCUT2D eigenvalue weighted by molar-refractivity contribution is 0.116. The normalized spacial score (nSPS) is 13.5. The van der Waals surface area contributed by atoms with Gasteiger partial charge in [0.2, 0.25) is 5.95 Å². The van der Waals surface area contributed by atoms with E-state index < -0.39 is 11.9 Å². The van der Waals surface area contributed by atoms with Gasteiger partial charge in [-0.3, -0.25) is 4.90 Å². The molecule has 1 amide bonds. The molecular weight excluding hydrogens is 631 g/mol. The first-order valence-corrected chi connectivity index (χ1v) is 16.2. The summed E-state index contributed by atoms with van der Waals surface area (Å²) in [5, 5.41) is 3.03. The van der Waals surface area contributed by atoms with E-state index in [0.29, 0.717) is 40.8 Å². The molecule has 1 fully saturated rings. The Kier molecular flexibility index (Phi) is 12.6. The van der Waals surface area contributed by atoms with Crippen molar-refractivity contribution < 1.29 is 32.9 Å². The quantitative estimate of drug-likeness (QED) is 0.154. The highest BCUT2D eigenvalue weighted by Crippen LogP contribution is 2.37. The van der Waals surface area contributed by atoms with Gasteiger partial charge in [-0.05, 0) is 43.3 Å². The standard InChI is InChI=1S/C36H43FN6O6/c1-5-16-41-17-19-42(20-18-41)21-22-48-32-13-10-27(23-29(32)37)39-35-38-15-14-34(40-35)43(30-12-11-28(46-3)24-33(30)47-4)36(44)49-31-9-7-6-8-26(31)25-45-2/h6-15,23-24H,5,16-22,25H2,1-4H3,(H,38,39,40). The topological polar surface area (TPSA) is 111 Å². The first kappa shape index (κ1) is 35.3. The van der Waals surface area contributed by atoms with Gasteiger partial charge in [0.05, 0.1) is 26.5 Å². The number of anilines is 4. The molecule has 13 heteroatoms. The van der Waals surface area contributed by atoms with Crippen molar-refractivity contribution in [3.63, 3.8) is 0 Å². The van der Waals surface area contributed by atoms with Gasteiger partial charge in [0.15, 0.2) is 11.6 Å². The largest absolute Gasteiger partial charge is 0.497 e. The number of aromatic nitrogens is 2. The number of methoxy groups -OCH3 is 3. The van der Waals surface area contributed by atoms with Crippen LogP contribution in [0.5, 0.6) is 23.0 Å². The number of benzene rings is 3. The van der Waals surface area contributed by atoms with Gasteiger partial charge in [-0.2, -0.15) is 4.98 Å². The minimum Gasteiger partial charge on any atom is -0.497 e. The number of carbonyl (C=O) groups excluding carboxylic acids is 1. The Morgan fingerprint density at radius 2 is 1.67 bits per heavy atom. The van der Waals surface area contributed by atoms with E-state index >= 15 is 4.39 Å². The van der Waals surface area contributed by atoms with E-state index in [2.05, 4.69) is 32.0 Å². The molecule has 1 saturated heterocycles. The molecule has 0 unspecified atom stereocenters. The molecule has 1 aromatic heterocycles. The fraction of sp³-hybridized carbons (Fsp3) is 0.361. The molecule has 0 saturated carbocycles. The van der Waals surface area contributed by atoms with Gasteiger partial charge < -0.3 is 33.9 Å². The van der Waals surface area contributed by atoms with Gasteiger partial charge in [-0.25, -0.2) is 19.1 Å². The Bertz CT molecular complexity index is 1690. The fourth-order valence-corrected chi connectivity index (χ4v) is 5.50. The minimum atomic E-state index is -0.757. The highest BCUT2D eigenvalue weighted by molar-refractivity contribution is 5.98. The third-order valence-electron chi connectivity index (χ3n) is 8.01. The number of halogens is 1. The summed E-state index contributed by atoms with van der Waals surface area (Å²) in [6.07, 6.45) is 1.88. The Labute approximate surface area is 286 Å². The summed E-state index contributed by atoms with van der Waals surface area (Å²) in [7, 11) is 4.58. The first-order valence-electron chi connectivity index (χ1n) is 16.2. The number of ether oxygens (including phenoxy) is 5. The van der Waals surface area contributed by atoms with Crippen LogP contribution >= 0.6 is 0 Å². The van der Waals surface area contributed by atoms with Crippen molar-refractivity contribution in [2.45, 2.75) is 20.0 Å². The molecule has 260 valence electrons. The third-order valence-corrected chi connectivity index (χ3v) is 8.01. The van der Waals surface area contributed by atoms with Gasteiger partial charge in [-0.1, -0.05) is 25.1 Å². The summed E-state index contributed by atoms with van der Waals surface area (Å²) < 4.78 is 43.0. The number of hydrogen-bond donors (Lipinski definition) is 1. The number of nitrogens with zero attached hydrogens (tertiary/aromatic N) is 5. The lowest BCUT2D eigenvalue weighted by atomic mass is 10.2. The highest BCUT2D eigenvalue weighted by atomic mass is 19.1. The number of amides is 1. The second-order valence-corrected chi connectivity index (χ2v) is 11.3. The first-order chi connectivity index (χ1) is 23.9. The zero-order valence-electron chi connectivity index (χ0n) is 28.4. The summed E-state index contributed by atoms with van der Waals surface area (Å²) in [5.41, 5.74) is 1.43. The zero-order valence-corrected chi connectivity index (χ0v) is 28.4. The highest BCUT2D eigenvalue weighted by Gasteiger charge is 2.27. The Hall–Kier alpha value is -4.98. The predicted octanol–water partition coefficient (Wildman–Crippen LogP) is 6.27. The molecular formula is C36H43FN6O6. The van der Waals surface area contributed by atoms with Crippen molar-refractivity contribution in [2.75, 3.05) is 77.4 Å². The molecule has 1 aliphatic heterocycles. The summed E-state index contributed by atoms with van der Waals surface area (Å²) in [6, 6.07) is 18.2. The average molecular weight is 675 g/mol. The molecule has 3 aromatic carbocycles. The maximum Gasteiger partial charge on any atom is 0.425 e. The van der Waals surface area contributed by atoms with Crippen molar-refractivity contribution in [1.82, 2.24) is 19.8 Å². The van der Waals surface area contributed by atoms with Crippen LogP contribution in [0.2, 0.25) is 0 Å². The number of hydrogen-bond acceptors (Lipinski definition) is 11. The number of rotatable bonds is 15. The van der Waals surface area contributed by atoms with Gasteiger partial charge in [0, 0.05) is 75.5 Å². The summed E-state index contributed by atoms with van der Waals surface area (Å²) in [4.78, 5) is 28.8. The molecule has 0 bridgehead atoms. The lowest BCUT2D eigenvalue weighted by Gasteiger charge is -2.34. The number of piperazine rings is 1. The van der Waals surface area contributed by atoms with E-state index in [-0.39, 0.29) is 24.1 Å². The Morgan fingerprint density at radius 3 is 2.39 bits per heavy atom. The van der Waals surface area contributed by atoms with Crippen LogP contribution in [-0.2, 0) is 11.3 Å². The van der Waals surface area contributed by atoms with Crippen LogP contribution in [0.25, 0.3) is 0 Å². The van der Waals surface area contributed by atoms with Crippen LogP contribution < -0.4 is 29.2 Å². The summed E-state index contributed by atoms with van der Waals surface area (Å²) in [6.45, 7) is 8.73. The van der Waals surface area contributed by atoms with Crippen molar-refractivity contribution in [1.29, 1.82) is 0 Å². The van der Waals surface area contributed by atoms with Crippen molar-refractivity contribution >= 4 is 29.2 Å². The third kappa shape index (κ3) is 9.34. The molecule has 1 aliphatic rings. The molecule has 4 aromatic rings. The molecule has 5 rings (SSSR count). The molecule has 0 spiro atoms. The zero-order chi connectivity index (χ0) is 34.6. The number of para-hydroxylation sites is 1. The van der Waals surface area contributed by atoms with Crippen LogP contribution in [0, 0.1) is 5.82 Å². The SMILES string of the molecule is CCCN1CCN(CCOc2ccc(Nc3nccc(N(C(=O)Oc4ccccc4COC)c4ccc(OC)cc4OC)n3)cc2F)CC1. The maximum absolute atomic E-state index is 15.1. The van der Waals surface area contributed by atoms with Crippen LogP contribution in [-0.4, -0.2) is 93.1 Å². The van der Waals surface area contributed by atoms with Gasteiger partial charge in [0.25, 0.3) is 0 Å². The number of nitrogens with one attached hydrogen (secondary N) is 1. The molecule has 0 aliphatic carbocycles. The van der Waals surface area contributed by atoms with Crippen LogP contribution in [0.1, 0.15) is 18.9 Å². The molecule has 0 atom stereocenters. The van der Waals surface area contributed by atoms with Crippen molar-refractivity contribution in [2.24, 2.45) is 0 Å². The second kappa shape index (κ2) is 17.4. The monoisotopic (exact) mass is 674 g/mol. The number of carbonyl (C=O) groups is 1. The molecule has 1 N–H and O–H groups in total. The van der Waals surface area contributed by atoms with Crippen molar-refractivity contribution in [3.8, 4) is 23.0 Å². The van der Waals surface area contributed by atoms with Crippen LogP contribution in [0.4, 0.5) is 32.3 Å². The fourth-order valence-electron chi connectivity index (χ4n) is 5.50. The van der Waals surface area contributed by atoms with E-state index in [1.807, 2.05) is 12.1 Å². The van der Waals surface area contributed by atoms with Gasteiger partial charge >= 0.3 is 6.09 Å². The van der Waals surface area contributed by atoms with Crippen molar-refractivity contribution in [3.05, 3.63) is 84.3 Å². The summed E-state index contributed by atoms with van der Waals surface area (Å²) in [5.74, 6) is 1.14. The lowest BCUT2D eigenvalue weighted by Crippen LogP contribution is -2.47. The minimum absolute atomic E-state index is 0.123.